The van der Waals surface area contributed by atoms with Gasteiger partial charge in [0.1, 0.15) is 5.69 Å². The van der Waals surface area contributed by atoms with E-state index in [0.29, 0.717) is 16.1 Å². The predicted molar refractivity (Wildman–Crippen MR) is 142 cm³/mol. The first kappa shape index (κ1) is 30.2. The zero-order chi connectivity index (χ0) is 28.7. The van der Waals surface area contributed by atoms with Gasteiger partial charge in [-0.3, -0.25) is 18.6 Å². The van der Waals surface area contributed by atoms with E-state index in [1.807, 2.05) is 0 Å². The number of anilines is 1. The summed E-state index contributed by atoms with van der Waals surface area (Å²) in [4.78, 5) is 27.4. The highest BCUT2D eigenvalue weighted by Gasteiger charge is 2.32. The Morgan fingerprint density at radius 1 is 1.10 bits per heavy atom. The summed E-state index contributed by atoms with van der Waals surface area (Å²) in [5.74, 6) is -0.526. The van der Waals surface area contributed by atoms with Gasteiger partial charge < -0.3 is 16.4 Å². The molecule has 3 aromatic rings. The number of urea groups is 1. The van der Waals surface area contributed by atoms with Gasteiger partial charge >= 0.3 is 12.2 Å². The quantitative estimate of drug-likeness (QED) is 0.252. The van der Waals surface area contributed by atoms with Crippen LogP contribution in [0.4, 0.5) is 23.7 Å². The van der Waals surface area contributed by atoms with E-state index >= 15 is 0 Å². The number of benzene rings is 2. The van der Waals surface area contributed by atoms with Crippen molar-refractivity contribution in [2.24, 2.45) is 5.73 Å². The Morgan fingerprint density at radius 2 is 1.79 bits per heavy atom. The van der Waals surface area contributed by atoms with E-state index in [9.17, 15) is 31.5 Å². The molecule has 0 aliphatic carbocycles. The monoisotopic (exact) mass is 603 g/mol. The van der Waals surface area contributed by atoms with Crippen LogP contribution < -0.4 is 20.7 Å². The Hall–Kier alpha value is -3.39. The van der Waals surface area contributed by atoms with Gasteiger partial charge in [-0.2, -0.15) is 13.2 Å². The molecule has 2 aromatic carbocycles. The van der Waals surface area contributed by atoms with E-state index in [1.165, 1.54) is 30.3 Å². The Morgan fingerprint density at radius 3 is 2.36 bits per heavy atom. The average molecular weight is 604 g/mol. The van der Waals surface area contributed by atoms with Crippen molar-refractivity contribution >= 4 is 52.1 Å². The number of primary amides is 1. The molecule has 9 nitrogen and oxygen atoms in total. The molecule has 0 saturated carbocycles. The maximum Gasteiger partial charge on any atom is 0.433 e. The van der Waals surface area contributed by atoms with E-state index in [-0.39, 0.29) is 35.8 Å². The SMILES string of the molecule is NC(=O)NC(Cc1cccc(Cl)c1Cl)CN(c1ccc(C(=O)NCc2ccc(C(F)(F)F)nc2)cc1)S(=O)O. The number of rotatable bonds is 10. The Bertz CT molecular complexity index is 1350. The fourth-order valence-corrected chi connectivity index (χ4v) is 4.56. The largest absolute Gasteiger partial charge is 0.433 e. The molecule has 2 unspecified atom stereocenters. The predicted octanol–water partition coefficient (Wildman–Crippen LogP) is 4.56. The van der Waals surface area contributed by atoms with Gasteiger partial charge in [0.15, 0.2) is 0 Å². The molecule has 0 bridgehead atoms. The molecule has 39 heavy (non-hydrogen) atoms. The summed E-state index contributed by atoms with van der Waals surface area (Å²) in [5.41, 5.74) is 5.65. The molecule has 5 N–H and O–H groups in total. The van der Waals surface area contributed by atoms with E-state index < -0.39 is 41.1 Å². The van der Waals surface area contributed by atoms with E-state index in [2.05, 4.69) is 15.6 Å². The zero-order valence-corrected chi connectivity index (χ0v) is 22.2. The molecule has 0 fully saturated rings. The standard InChI is InChI=1S/C24H22Cl2F3N5O4S/c25-19-3-1-2-16(21(19)26)10-17(33-23(30)36)13-34(39(37)38)18-7-5-15(6-8-18)22(35)32-12-14-4-9-20(31-11-14)24(27,28)29/h1-9,11,17H,10,12-13H2,(H,32,35)(H,37,38)(H3,30,33,36). The molecule has 2 atom stereocenters. The topological polar surface area (TPSA) is 138 Å². The van der Waals surface area contributed by atoms with Crippen molar-refractivity contribution in [3.05, 3.63) is 93.2 Å². The summed E-state index contributed by atoms with van der Waals surface area (Å²) >= 11 is 9.78. The molecule has 0 aliphatic heterocycles. The molecule has 0 saturated heterocycles. The van der Waals surface area contributed by atoms with Gasteiger partial charge in [-0.25, -0.2) is 9.00 Å². The van der Waals surface area contributed by atoms with Crippen LogP contribution in [0.1, 0.15) is 27.2 Å². The number of hydrogen-bond acceptors (Lipinski definition) is 4. The lowest BCUT2D eigenvalue weighted by Gasteiger charge is -2.26. The number of pyridine rings is 1. The first-order valence-electron chi connectivity index (χ1n) is 11.1. The molecule has 15 heteroatoms. The van der Waals surface area contributed by atoms with Crippen molar-refractivity contribution in [2.45, 2.75) is 25.2 Å². The van der Waals surface area contributed by atoms with Crippen LogP contribution in [0.5, 0.6) is 0 Å². The summed E-state index contributed by atoms with van der Waals surface area (Å²) in [7, 11) is 0. The van der Waals surface area contributed by atoms with Crippen molar-refractivity contribution in [1.29, 1.82) is 0 Å². The number of halogens is 5. The van der Waals surface area contributed by atoms with Crippen LogP contribution in [0.3, 0.4) is 0 Å². The third-order valence-corrected chi connectivity index (χ3v) is 7.00. The minimum absolute atomic E-state index is 0.0645. The molecule has 3 rings (SSSR count). The fourth-order valence-electron chi connectivity index (χ4n) is 3.55. The van der Waals surface area contributed by atoms with Gasteiger partial charge in [0.2, 0.25) is 0 Å². The number of alkyl halides is 3. The van der Waals surface area contributed by atoms with Gasteiger partial charge in [0.25, 0.3) is 17.2 Å². The first-order valence-corrected chi connectivity index (χ1v) is 12.9. The molecular formula is C24H22Cl2F3N5O4S. The summed E-state index contributed by atoms with van der Waals surface area (Å²) in [6.07, 6.45) is -3.39. The van der Waals surface area contributed by atoms with Crippen molar-refractivity contribution in [3.8, 4) is 0 Å². The van der Waals surface area contributed by atoms with Crippen LogP contribution in [0.2, 0.25) is 10.0 Å². The minimum atomic E-state index is -4.56. The number of carbonyl (C=O) groups excluding carboxylic acids is 2. The lowest BCUT2D eigenvalue weighted by atomic mass is 10.1. The Kier molecular flexibility index (Phi) is 10.1. The number of amides is 3. The molecule has 0 radical (unpaired) electrons. The average Bonchev–Trinajstić information content (AvgIpc) is 2.87. The maximum absolute atomic E-state index is 12.6. The van der Waals surface area contributed by atoms with Crippen molar-refractivity contribution in [3.63, 3.8) is 0 Å². The maximum atomic E-state index is 12.6. The van der Waals surface area contributed by atoms with Crippen LogP contribution >= 0.6 is 23.2 Å². The summed E-state index contributed by atoms with van der Waals surface area (Å²) < 4.78 is 61.1. The van der Waals surface area contributed by atoms with Gasteiger partial charge in [-0.15, -0.1) is 0 Å². The molecular weight excluding hydrogens is 582 g/mol. The number of nitrogens with two attached hydrogens (primary N) is 1. The van der Waals surface area contributed by atoms with Crippen LogP contribution in [-0.2, 0) is 30.4 Å². The molecule has 208 valence electrons. The third-order valence-electron chi connectivity index (χ3n) is 5.40. The van der Waals surface area contributed by atoms with E-state index in [0.717, 1.165) is 16.6 Å². The number of carbonyl (C=O) groups is 2. The van der Waals surface area contributed by atoms with E-state index in [1.54, 1.807) is 18.2 Å². The number of nitrogens with zero attached hydrogens (tertiary/aromatic N) is 2. The summed E-state index contributed by atoms with van der Waals surface area (Å²) in [5, 5.41) is 5.67. The summed E-state index contributed by atoms with van der Waals surface area (Å²) in [6.45, 7) is -0.216. The van der Waals surface area contributed by atoms with Crippen LogP contribution in [0.15, 0.2) is 60.8 Å². The third kappa shape index (κ3) is 8.55. The van der Waals surface area contributed by atoms with Crippen molar-refractivity contribution < 1.29 is 31.5 Å². The fraction of sp³-hybridized carbons (Fsp3) is 0.208. The summed E-state index contributed by atoms with van der Waals surface area (Å²) in [6, 6.07) is 11.1. The van der Waals surface area contributed by atoms with Crippen molar-refractivity contribution in [2.75, 3.05) is 10.8 Å². The molecule has 0 aliphatic rings. The van der Waals surface area contributed by atoms with Crippen molar-refractivity contribution in [1.82, 2.24) is 15.6 Å². The minimum Gasteiger partial charge on any atom is -0.352 e. The van der Waals surface area contributed by atoms with Gasteiger partial charge in [-0.1, -0.05) is 41.4 Å². The first-order chi connectivity index (χ1) is 18.3. The highest BCUT2D eigenvalue weighted by Crippen LogP contribution is 2.28. The molecule has 3 amide bonds. The second-order valence-corrected chi connectivity index (χ2v) is 9.88. The lowest BCUT2D eigenvalue weighted by Crippen LogP contribution is -2.47. The van der Waals surface area contributed by atoms with Gasteiger partial charge in [0, 0.05) is 18.3 Å². The number of hydrogen-bond donors (Lipinski definition) is 4. The number of aromatic nitrogens is 1. The van der Waals surface area contributed by atoms with Crippen LogP contribution in [0.25, 0.3) is 0 Å². The normalized spacial score (nSPS) is 12.9. The van der Waals surface area contributed by atoms with E-state index in [4.69, 9.17) is 28.9 Å². The lowest BCUT2D eigenvalue weighted by molar-refractivity contribution is -0.141. The van der Waals surface area contributed by atoms with Crippen LogP contribution in [0, 0.1) is 0 Å². The van der Waals surface area contributed by atoms with Gasteiger partial charge in [-0.05, 0) is 53.9 Å². The van der Waals surface area contributed by atoms with Gasteiger partial charge in [0.05, 0.1) is 28.3 Å². The highest BCUT2D eigenvalue weighted by molar-refractivity contribution is 7.80. The smallest absolute Gasteiger partial charge is 0.352 e. The molecule has 1 aromatic heterocycles. The molecule has 0 spiro atoms. The second kappa shape index (κ2) is 13.1. The molecule has 1 heterocycles. The van der Waals surface area contributed by atoms with Crippen LogP contribution in [-0.4, -0.2) is 38.3 Å². The second-order valence-electron chi connectivity index (χ2n) is 8.19. The Balaban J connectivity index is 1.69. The Labute approximate surface area is 233 Å². The zero-order valence-electron chi connectivity index (χ0n) is 19.9. The number of nitrogens with one attached hydrogen (secondary N) is 2. The highest BCUT2D eigenvalue weighted by atomic mass is 35.5.